The normalized spacial score (nSPS) is 41.8. The number of hydrogen-bond donors (Lipinski definition) is 1. The molecular weight excluding hydrogens is 394 g/mol. The van der Waals surface area contributed by atoms with Gasteiger partial charge in [-0.3, -0.25) is 0 Å². The zero-order chi connectivity index (χ0) is 22.5. The van der Waals surface area contributed by atoms with Crippen molar-refractivity contribution in [2.75, 3.05) is 7.11 Å². The fraction of sp³-hybridized carbons (Fsp3) is 0.759. The Balaban J connectivity index is 1.29. The molecule has 0 spiro atoms. The van der Waals surface area contributed by atoms with Crippen molar-refractivity contribution in [2.45, 2.75) is 91.1 Å². The van der Waals surface area contributed by atoms with Gasteiger partial charge in [-0.15, -0.1) is 0 Å². The van der Waals surface area contributed by atoms with Crippen molar-refractivity contribution in [3.8, 4) is 5.88 Å². The first-order valence-corrected chi connectivity index (χ1v) is 13.2. The number of hydrogen-bond acceptors (Lipinski definition) is 3. The lowest BCUT2D eigenvalue weighted by Gasteiger charge is -2.58. The van der Waals surface area contributed by atoms with Gasteiger partial charge in [0.1, 0.15) is 0 Å². The number of allylic oxidation sites excluding steroid dienone is 1. The smallest absolute Gasteiger partial charge is 0.213 e. The molecule has 1 N–H and O–H groups in total. The predicted molar refractivity (Wildman–Crippen MR) is 129 cm³/mol. The van der Waals surface area contributed by atoms with Crippen molar-refractivity contribution in [3.05, 3.63) is 35.5 Å². The number of aliphatic hydroxyl groups excluding tert-OH is 1. The number of pyridine rings is 1. The second-order valence-corrected chi connectivity index (χ2v) is 12.1. The monoisotopic (exact) mass is 437 g/mol. The third-order valence-corrected chi connectivity index (χ3v) is 10.7. The van der Waals surface area contributed by atoms with Gasteiger partial charge in [0.15, 0.2) is 0 Å². The van der Waals surface area contributed by atoms with Crippen LogP contribution < -0.4 is 4.74 Å². The minimum absolute atomic E-state index is 0.101. The van der Waals surface area contributed by atoms with E-state index < -0.39 is 0 Å². The summed E-state index contributed by atoms with van der Waals surface area (Å²) in [5, 5.41) is 10.3. The Morgan fingerprint density at radius 2 is 1.97 bits per heavy atom. The maximum atomic E-state index is 10.3. The first kappa shape index (κ1) is 22.4. The zero-order valence-corrected chi connectivity index (χ0v) is 20.6. The van der Waals surface area contributed by atoms with E-state index in [0.717, 1.165) is 60.4 Å². The van der Waals surface area contributed by atoms with Gasteiger partial charge in [0.25, 0.3) is 0 Å². The van der Waals surface area contributed by atoms with E-state index in [2.05, 4.69) is 44.0 Å². The fourth-order valence-electron chi connectivity index (χ4n) is 8.90. The summed E-state index contributed by atoms with van der Waals surface area (Å²) in [5.41, 5.74) is 3.61. The van der Waals surface area contributed by atoms with Crippen LogP contribution in [0.25, 0.3) is 0 Å². The van der Waals surface area contributed by atoms with Crippen LogP contribution in [0.1, 0.15) is 84.3 Å². The van der Waals surface area contributed by atoms with Gasteiger partial charge in [0, 0.05) is 11.8 Å². The molecule has 176 valence electrons. The molecule has 0 saturated heterocycles. The molecule has 0 amide bonds. The Hall–Kier alpha value is -1.35. The predicted octanol–water partition coefficient (Wildman–Crippen LogP) is 6.60. The highest BCUT2D eigenvalue weighted by atomic mass is 16.5. The van der Waals surface area contributed by atoms with Crippen molar-refractivity contribution in [1.29, 1.82) is 0 Å². The van der Waals surface area contributed by atoms with Crippen molar-refractivity contribution < 1.29 is 9.84 Å². The highest BCUT2D eigenvalue weighted by Crippen LogP contribution is 2.67. The van der Waals surface area contributed by atoms with E-state index in [-0.39, 0.29) is 6.10 Å². The van der Waals surface area contributed by atoms with Crippen LogP contribution in [-0.4, -0.2) is 23.3 Å². The van der Waals surface area contributed by atoms with Gasteiger partial charge in [-0.1, -0.05) is 38.5 Å². The van der Waals surface area contributed by atoms with Crippen LogP contribution in [-0.2, 0) is 6.42 Å². The molecule has 3 heteroatoms. The van der Waals surface area contributed by atoms with E-state index in [1.165, 1.54) is 44.9 Å². The van der Waals surface area contributed by atoms with Crippen LogP contribution in [0.3, 0.4) is 0 Å². The average Bonchev–Trinajstić information content (AvgIpc) is 3.15. The Kier molecular flexibility index (Phi) is 5.93. The highest BCUT2D eigenvalue weighted by Gasteiger charge is 2.59. The fourth-order valence-corrected chi connectivity index (χ4v) is 8.90. The lowest BCUT2D eigenvalue weighted by molar-refractivity contribution is -0.0571. The molecule has 4 aliphatic rings. The standard InChI is InChI=1S/C29H43NO2/c1-19(8-10-21-6-5-7-27(30-21)32-4)24-12-13-25-23-11-9-20-18-22(31)14-16-28(20,2)26(23)15-17-29(24,25)3/h5-7,9,19,22-26,31H,8,10-18H2,1-4H3/t19?,22-,23-,24+,25-,26-,28-,29+/m0/s1. The van der Waals surface area contributed by atoms with Crippen LogP contribution in [0.5, 0.6) is 5.88 Å². The highest BCUT2D eigenvalue weighted by molar-refractivity contribution is 5.25. The first-order valence-electron chi connectivity index (χ1n) is 13.2. The Labute approximate surface area is 195 Å². The molecule has 5 rings (SSSR count). The quantitative estimate of drug-likeness (QED) is 0.528. The molecule has 8 atom stereocenters. The third-order valence-electron chi connectivity index (χ3n) is 10.7. The summed E-state index contributed by atoms with van der Waals surface area (Å²) in [6.07, 6.45) is 14.7. The summed E-state index contributed by atoms with van der Waals surface area (Å²) >= 11 is 0. The molecular formula is C29H43NO2. The lowest BCUT2D eigenvalue weighted by atomic mass is 9.47. The largest absolute Gasteiger partial charge is 0.481 e. The summed E-state index contributed by atoms with van der Waals surface area (Å²) in [4.78, 5) is 4.65. The molecule has 0 radical (unpaired) electrons. The molecule has 0 aliphatic heterocycles. The Morgan fingerprint density at radius 1 is 1.12 bits per heavy atom. The molecule has 0 aromatic carbocycles. The van der Waals surface area contributed by atoms with Crippen LogP contribution in [0, 0.1) is 40.4 Å². The van der Waals surface area contributed by atoms with Gasteiger partial charge in [-0.05, 0) is 111 Å². The van der Waals surface area contributed by atoms with Gasteiger partial charge >= 0.3 is 0 Å². The van der Waals surface area contributed by atoms with Gasteiger partial charge in [-0.25, -0.2) is 4.98 Å². The van der Waals surface area contributed by atoms with Crippen LogP contribution in [0.2, 0.25) is 0 Å². The van der Waals surface area contributed by atoms with Gasteiger partial charge in [0.2, 0.25) is 5.88 Å². The molecule has 1 aromatic heterocycles. The summed E-state index contributed by atoms with van der Waals surface area (Å²) in [7, 11) is 1.70. The summed E-state index contributed by atoms with van der Waals surface area (Å²) in [5.74, 6) is 4.88. The van der Waals surface area contributed by atoms with Crippen LogP contribution in [0.4, 0.5) is 0 Å². The molecule has 0 bridgehead atoms. The van der Waals surface area contributed by atoms with E-state index in [9.17, 15) is 5.11 Å². The van der Waals surface area contributed by atoms with E-state index in [0.29, 0.717) is 10.8 Å². The zero-order valence-electron chi connectivity index (χ0n) is 20.6. The summed E-state index contributed by atoms with van der Waals surface area (Å²) in [6.45, 7) is 7.70. The van der Waals surface area contributed by atoms with E-state index in [1.54, 1.807) is 12.7 Å². The Bertz CT molecular complexity index is 864. The maximum absolute atomic E-state index is 10.3. The van der Waals surface area contributed by atoms with Gasteiger partial charge in [0.05, 0.1) is 13.2 Å². The molecule has 3 saturated carbocycles. The lowest BCUT2D eigenvalue weighted by Crippen LogP contribution is -2.50. The molecule has 32 heavy (non-hydrogen) atoms. The van der Waals surface area contributed by atoms with Gasteiger partial charge in [-0.2, -0.15) is 0 Å². The number of aryl methyl sites for hydroxylation is 1. The topological polar surface area (TPSA) is 42.4 Å². The maximum Gasteiger partial charge on any atom is 0.213 e. The van der Waals surface area contributed by atoms with Crippen LogP contribution in [0.15, 0.2) is 29.8 Å². The first-order chi connectivity index (χ1) is 15.3. The number of methoxy groups -OCH3 is 1. The number of ether oxygens (including phenoxy) is 1. The van der Waals surface area contributed by atoms with E-state index >= 15 is 0 Å². The second kappa shape index (κ2) is 8.46. The molecule has 1 unspecified atom stereocenters. The third kappa shape index (κ3) is 3.63. The number of rotatable bonds is 5. The minimum atomic E-state index is -0.101. The average molecular weight is 438 g/mol. The van der Waals surface area contributed by atoms with Crippen LogP contribution >= 0.6 is 0 Å². The van der Waals surface area contributed by atoms with Crippen molar-refractivity contribution in [2.24, 2.45) is 40.4 Å². The van der Waals surface area contributed by atoms with Crippen molar-refractivity contribution in [3.63, 3.8) is 0 Å². The van der Waals surface area contributed by atoms with E-state index in [1.807, 2.05) is 6.07 Å². The van der Waals surface area contributed by atoms with Crippen molar-refractivity contribution >= 4 is 0 Å². The molecule has 3 nitrogen and oxygen atoms in total. The number of nitrogens with zero attached hydrogens (tertiary/aromatic N) is 1. The summed E-state index contributed by atoms with van der Waals surface area (Å²) in [6, 6.07) is 6.15. The minimum Gasteiger partial charge on any atom is -0.481 e. The Morgan fingerprint density at radius 3 is 2.78 bits per heavy atom. The van der Waals surface area contributed by atoms with E-state index in [4.69, 9.17) is 4.74 Å². The number of fused-ring (bicyclic) bond motifs is 5. The second-order valence-electron chi connectivity index (χ2n) is 12.1. The number of aromatic nitrogens is 1. The SMILES string of the molecule is COc1cccc(CCC(C)[C@H]2CC[C@H]3[C@@H]4CC=C5C[C@@H](O)CC[C@]5(C)[C@H]4CC[C@]23C)n1. The molecule has 3 fully saturated rings. The molecule has 4 aliphatic carbocycles. The van der Waals surface area contributed by atoms with Gasteiger partial charge < -0.3 is 9.84 Å². The molecule has 1 aromatic rings. The molecule has 1 heterocycles. The number of aliphatic hydroxyl groups is 1. The summed E-state index contributed by atoms with van der Waals surface area (Å²) < 4.78 is 5.32. The van der Waals surface area contributed by atoms with Crippen molar-refractivity contribution in [1.82, 2.24) is 4.98 Å².